The first kappa shape index (κ1) is 9.00. The van der Waals surface area contributed by atoms with Gasteiger partial charge in [0.1, 0.15) is 0 Å². The Morgan fingerprint density at radius 1 is 1.14 bits per heavy atom. The van der Waals surface area contributed by atoms with Gasteiger partial charge in [-0.2, -0.15) is 5.10 Å². The van der Waals surface area contributed by atoms with Gasteiger partial charge in [0, 0.05) is 17.7 Å². The Morgan fingerprint density at radius 2 is 1.93 bits per heavy atom. The van der Waals surface area contributed by atoms with Crippen molar-refractivity contribution in [2.75, 3.05) is 0 Å². The van der Waals surface area contributed by atoms with Crippen molar-refractivity contribution in [3.63, 3.8) is 0 Å². The molecule has 1 heterocycles. The van der Waals surface area contributed by atoms with Crippen LogP contribution in [0.5, 0.6) is 0 Å². The number of nitrogens with zero attached hydrogens (tertiary/aromatic N) is 1. The Labute approximate surface area is 84.2 Å². The van der Waals surface area contributed by atoms with E-state index in [0.29, 0.717) is 5.92 Å². The minimum Gasteiger partial charge on any atom is -0.167 e. The zero-order valence-electron chi connectivity index (χ0n) is 8.57. The fraction of sp³-hybridized carbons (Fsp3) is 0.250. The molecule has 0 spiro atoms. The highest BCUT2D eigenvalue weighted by Crippen LogP contribution is 2.18. The molecule has 0 atom stereocenters. The van der Waals surface area contributed by atoms with Crippen molar-refractivity contribution in [1.82, 2.24) is 5.10 Å². The van der Waals surface area contributed by atoms with Crippen molar-refractivity contribution < 1.29 is 4.68 Å². The molecule has 14 heavy (non-hydrogen) atoms. The molecule has 0 fully saturated rings. The maximum Gasteiger partial charge on any atom is 0.238 e. The van der Waals surface area contributed by atoms with E-state index in [1.165, 1.54) is 11.3 Å². The molecule has 0 bridgehead atoms. The van der Waals surface area contributed by atoms with Gasteiger partial charge in [0.25, 0.3) is 0 Å². The molecular formula is C12H15N2+. The lowest BCUT2D eigenvalue weighted by atomic mass is 10.0. The van der Waals surface area contributed by atoms with Gasteiger partial charge in [-0.1, -0.05) is 36.7 Å². The quantitative estimate of drug-likeness (QED) is 0.697. The smallest absolute Gasteiger partial charge is 0.167 e. The molecule has 2 nitrogen and oxygen atoms in total. The van der Waals surface area contributed by atoms with Crippen molar-refractivity contribution in [3.8, 4) is 5.69 Å². The van der Waals surface area contributed by atoms with Gasteiger partial charge in [-0.15, -0.1) is 0 Å². The molecule has 1 N–H and O–H groups in total. The van der Waals surface area contributed by atoms with Gasteiger partial charge in [-0.05, 0) is 5.92 Å². The minimum absolute atomic E-state index is 0.544. The van der Waals surface area contributed by atoms with Gasteiger partial charge in [0.15, 0.2) is 0 Å². The van der Waals surface area contributed by atoms with Gasteiger partial charge in [0.05, 0.1) is 6.20 Å². The van der Waals surface area contributed by atoms with Crippen molar-refractivity contribution >= 4 is 0 Å². The molecule has 2 rings (SSSR count). The van der Waals surface area contributed by atoms with Gasteiger partial charge >= 0.3 is 0 Å². The summed E-state index contributed by atoms with van der Waals surface area (Å²) in [6.45, 7) is 4.42. The van der Waals surface area contributed by atoms with E-state index >= 15 is 0 Å². The Hall–Kier alpha value is -1.57. The van der Waals surface area contributed by atoms with Crippen LogP contribution in [-0.4, -0.2) is 5.10 Å². The first-order valence-corrected chi connectivity index (χ1v) is 4.93. The van der Waals surface area contributed by atoms with Crippen LogP contribution in [0.3, 0.4) is 0 Å². The molecule has 1 aromatic carbocycles. The summed E-state index contributed by atoms with van der Waals surface area (Å²) in [5, 5.41) is 3.17. The van der Waals surface area contributed by atoms with Crippen molar-refractivity contribution in [1.29, 1.82) is 0 Å². The van der Waals surface area contributed by atoms with E-state index in [0.717, 1.165) is 0 Å². The summed E-state index contributed by atoms with van der Waals surface area (Å²) in [7, 11) is 0. The number of nitrogens with one attached hydrogen (secondary N) is 1. The highest BCUT2D eigenvalue weighted by Gasteiger charge is 2.14. The molecule has 0 amide bonds. The van der Waals surface area contributed by atoms with E-state index in [2.05, 4.69) is 43.2 Å². The SMILES string of the molecule is CC(C)c1ccccc1-[n+]1ccc[nH]1. The topological polar surface area (TPSA) is 19.7 Å². The molecule has 0 radical (unpaired) electrons. The van der Waals surface area contributed by atoms with Crippen LogP contribution in [0.15, 0.2) is 42.7 Å². The third-order valence-corrected chi connectivity index (χ3v) is 2.36. The average molecular weight is 187 g/mol. The van der Waals surface area contributed by atoms with E-state index in [1.807, 2.05) is 23.1 Å². The molecule has 0 aliphatic rings. The van der Waals surface area contributed by atoms with Crippen LogP contribution in [0.25, 0.3) is 5.69 Å². The van der Waals surface area contributed by atoms with Crippen LogP contribution in [-0.2, 0) is 0 Å². The third-order valence-electron chi connectivity index (χ3n) is 2.36. The van der Waals surface area contributed by atoms with Crippen LogP contribution in [0.1, 0.15) is 25.3 Å². The Morgan fingerprint density at radius 3 is 2.57 bits per heavy atom. The second-order valence-electron chi connectivity index (χ2n) is 3.72. The molecule has 2 aromatic rings. The fourth-order valence-corrected chi connectivity index (χ4v) is 1.64. The zero-order chi connectivity index (χ0) is 9.97. The van der Waals surface area contributed by atoms with E-state index in [-0.39, 0.29) is 0 Å². The van der Waals surface area contributed by atoms with Gasteiger partial charge in [-0.25, -0.2) is 0 Å². The molecule has 72 valence electrons. The average Bonchev–Trinajstić information content (AvgIpc) is 2.70. The van der Waals surface area contributed by atoms with E-state index in [4.69, 9.17) is 0 Å². The summed E-state index contributed by atoms with van der Waals surface area (Å²) in [6.07, 6.45) is 3.96. The summed E-state index contributed by atoms with van der Waals surface area (Å²) in [4.78, 5) is 0. The molecule has 2 heteroatoms. The van der Waals surface area contributed by atoms with Gasteiger partial charge in [-0.3, -0.25) is 0 Å². The Balaban J connectivity index is 2.53. The molecule has 0 aliphatic heterocycles. The Kier molecular flexibility index (Phi) is 2.35. The number of aromatic nitrogens is 2. The highest BCUT2D eigenvalue weighted by molar-refractivity contribution is 5.35. The number of para-hydroxylation sites is 1. The third kappa shape index (κ3) is 1.55. The maximum atomic E-state index is 3.17. The number of hydrogen-bond acceptors (Lipinski definition) is 0. The Bertz CT molecular complexity index is 402. The van der Waals surface area contributed by atoms with Crippen LogP contribution in [0.2, 0.25) is 0 Å². The summed E-state index contributed by atoms with van der Waals surface area (Å²) in [6, 6.07) is 10.5. The second kappa shape index (κ2) is 3.66. The summed E-state index contributed by atoms with van der Waals surface area (Å²) in [5.74, 6) is 0.544. The summed E-state index contributed by atoms with van der Waals surface area (Å²) < 4.78 is 2.04. The lowest BCUT2D eigenvalue weighted by Crippen LogP contribution is -2.32. The predicted molar refractivity (Wildman–Crippen MR) is 56.4 cm³/mol. The molecule has 0 aliphatic carbocycles. The number of hydrogen-bond donors (Lipinski definition) is 1. The number of benzene rings is 1. The lowest BCUT2D eigenvalue weighted by molar-refractivity contribution is -0.655. The molecule has 0 saturated carbocycles. The van der Waals surface area contributed by atoms with E-state index in [9.17, 15) is 0 Å². The van der Waals surface area contributed by atoms with Gasteiger partial charge < -0.3 is 0 Å². The van der Waals surface area contributed by atoms with Crippen LogP contribution in [0.4, 0.5) is 0 Å². The standard InChI is InChI=1S/C12H14N2/c1-10(2)11-6-3-4-7-12(11)14-9-5-8-13-14/h3-10H,1-2H3/p+1. The normalized spacial score (nSPS) is 10.8. The molecule has 0 unspecified atom stereocenters. The predicted octanol–water partition coefficient (Wildman–Crippen LogP) is 2.41. The van der Waals surface area contributed by atoms with Crippen molar-refractivity contribution in [3.05, 3.63) is 48.3 Å². The number of H-pyrrole nitrogens is 1. The molecule has 1 aromatic heterocycles. The summed E-state index contributed by atoms with van der Waals surface area (Å²) in [5.41, 5.74) is 2.59. The number of aromatic amines is 1. The first-order valence-electron chi connectivity index (χ1n) is 4.93. The monoisotopic (exact) mass is 187 g/mol. The maximum absolute atomic E-state index is 3.17. The van der Waals surface area contributed by atoms with E-state index in [1.54, 1.807) is 0 Å². The molecular weight excluding hydrogens is 172 g/mol. The minimum atomic E-state index is 0.544. The van der Waals surface area contributed by atoms with Crippen LogP contribution >= 0.6 is 0 Å². The van der Waals surface area contributed by atoms with Crippen LogP contribution < -0.4 is 4.68 Å². The second-order valence-corrected chi connectivity index (χ2v) is 3.72. The number of rotatable bonds is 2. The first-order chi connectivity index (χ1) is 6.79. The highest BCUT2D eigenvalue weighted by atomic mass is 15.3. The van der Waals surface area contributed by atoms with Crippen molar-refractivity contribution in [2.24, 2.45) is 0 Å². The largest absolute Gasteiger partial charge is 0.238 e. The van der Waals surface area contributed by atoms with Crippen LogP contribution in [0, 0.1) is 0 Å². The molecule has 0 saturated heterocycles. The summed E-state index contributed by atoms with van der Waals surface area (Å²) >= 11 is 0. The van der Waals surface area contributed by atoms with Gasteiger partial charge in [0.2, 0.25) is 11.9 Å². The fourth-order valence-electron chi connectivity index (χ4n) is 1.64. The van der Waals surface area contributed by atoms with Crippen molar-refractivity contribution in [2.45, 2.75) is 19.8 Å². The van der Waals surface area contributed by atoms with E-state index < -0.39 is 0 Å². The lowest BCUT2D eigenvalue weighted by Gasteiger charge is -2.05. The zero-order valence-corrected chi connectivity index (χ0v) is 8.57.